The maximum absolute atomic E-state index is 13.7. The molecule has 0 aromatic rings. The van der Waals surface area contributed by atoms with Crippen molar-refractivity contribution in [2.24, 2.45) is 11.8 Å². The summed E-state index contributed by atoms with van der Waals surface area (Å²) in [4.78, 5) is 35.0. The number of fused-ring (bicyclic) bond motifs is 10. The Kier molecular flexibility index (Phi) is 6.61. The Labute approximate surface area is 254 Å². The molecule has 4 fully saturated rings. The molecular formula is C38H43N3O2. The highest BCUT2D eigenvalue weighted by atomic mass is 16.2. The van der Waals surface area contributed by atoms with Crippen LogP contribution in [0, 0.1) is 29.3 Å². The highest BCUT2D eigenvalue weighted by molar-refractivity contribution is 5.95. The Morgan fingerprint density at radius 1 is 0.907 bits per heavy atom. The maximum atomic E-state index is 13.7. The number of carbonyl (C=O) groups excluding carboxylic acids is 2. The van der Waals surface area contributed by atoms with Crippen molar-refractivity contribution in [2.75, 3.05) is 7.05 Å². The van der Waals surface area contributed by atoms with E-state index in [-0.39, 0.29) is 17.9 Å². The number of amides is 2. The highest BCUT2D eigenvalue weighted by Gasteiger charge is 2.34. The van der Waals surface area contributed by atoms with Crippen LogP contribution >= 0.6 is 0 Å². The average molecular weight is 574 g/mol. The van der Waals surface area contributed by atoms with Gasteiger partial charge < -0.3 is 14.8 Å². The van der Waals surface area contributed by atoms with E-state index in [1.807, 2.05) is 11.9 Å². The van der Waals surface area contributed by atoms with Gasteiger partial charge in [-0.25, -0.2) is 0 Å². The van der Waals surface area contributed by atoms with E-state index in [2.05, 4.69) is 65.4 Å². The van der Waals surface area contributed by atoms with Crippen LogP contribution in [0.4, 0.5) is 0 Å². The molecule has 2 saturated heterocycles. The summed E-state index contributed by atoms with van der Waals surface area (Å²) < 4.78 is 0. The number of H-pyrrole nitrogens is 1. The molecule has 5 nitrogen and oxygen atoms in total. The zero-order valence-electron chi connectivity index (χ0n) is 25.6. The molecule has 9 aliphatic rings. The third kappa shape index (κ3) is 4.76. The highest BCUT2D eigenvalue weighted by Crippen LogP contribution is 2.40. The molecule has 43 heavy (non-hydrogen) atoms. The minimum Gasteiger partial charge on any atom is -0.354 e. The first-order valence-electron chi connectivity index (χ1n) is 16.8. The van der Waals surface area contributed by atoms with E-state index in [9.17, 15) is 9.59 Å². The van der Waals surface area contributed by atoms with Crippen LogP contribution < -0.4 is 10.6 Å². The van der Waals surface area contributed by atoms with E-state index in [1.54, 1.807) is 0 Å². The largest absolute Gasteiger partial charge is 0.354 e. The molecule has 9 rings (SSSR count). The fourth-order valence-electron chi connectivity index (χ4n) is 8.74. The number of hydrogen-bond acceptors (Lipinski definition) is 2. The monoisotopic (exact) mass is 573 g/mol. The van der Waals surface area contributed by atoms with E-state index in [4.69, 9.17) is 0 Å². The van der Waals surface area contributed by atoms with Gasteiger partial charge in [-0.15, -0.1) is 0 Å². The average Bonchev–Trinajstić information content (AvgIpc) is 3.75. The van der Waals surface area contributed by atoms with Crippen molar-refractivity contribution in [1.29, 1.82) is 0 Å². The Hall–Kier alpha value is -3.60. The number of aromatic amines is 1. The van der Waals surface area contributed by atoms with E-state index in [1.165, 1.54) is 55.2 Å². The Bertz CT molecular complexity index is 1830. The minimum absolute atomic E-state index is 0.151. The van der Waals surface area contributed by atoms with Gasteiger partial charge in [-0.3, -0.25) is 9.59 Å². The molecule has 2 unspecified atom stereocenters. The van der Waals surface area contributed by atoms with Crippen LogP contribution in [0.2, 0.25) is 0 Å². The molecule has 0 spiro atoms. The van der Waals surface area contributed by atoms with Crippen LogP contribution in [0.1, 0.15) is 93.0 Å². The molecule has 5 heteroatoms. The number of nitrogens with one attached hydrogen (secondary N) is 1. The molecule has 4 aliphatic heterocycles. The van der Waals surface area contributed by atoms with Crippen LogP contribution in [-0.2, 0) is 4.79 Å². The summed E-state index contributed by atoms with van der Waals surface area (Å²) in [5, 5.41) is 4.33. The predicted octanol–water partition coefficient (Wildman–Crippen LogP) is 5.91. The summed E-state index contributed by atoms with van der Waals surface area (Å²) in [6.45, 7) is 2.15. The lowest BCUT2D eigenvalue weighted by atomic mass is 9.83. The first-order chi connectivity index (χ1) is 20.9. The van der Waals surface area contributed by atoms with Crippen LogP contribution in [0.3, 0.4) is 0 Å². The van der Waals surface area contributed by atoms with Gasteiger partial charge >= 0.3 is 0 Å². The zero-order valence-corrected chi connectivity index (χ0v) is 25.6. The molecule has 1 N–H and O–H groups in total. The summed E-state index contributed by atoms with van der Waals surface area (Å²) >= 11 is 0. The second-order valence-corrected chi connectivity index (χ2v) is 14.0. The number of hydrogen-bond donors (Lipinski definition) is 1. The first-order valence-corrected chi connectivity index (χ1v) is 16.8. The Morgan fingerprint density at radius 3 is 2.60 bits per heavy atom. The fraction of sp³-hybridized carbons (Fsp3) is 0.474. The smallest absolute Gasteiger partial charge is 0.254 e. The normalized spacial score (nSPS) is 29.4. The van der Waals surface area contributed by atoms with E-state index >= 15 is 0 Å². The van der Waals surface area contributed by atoms with Crippen molar-refractivity contribution in [2.45, 2.75) is 96.1 Å². The molecule has 5 aliphatic carbocycles. The molecule has 2 saturated carbocycles. The summed E-state index contributed by atoms with van der Waals surface area (Å²) in [5.74, 6) is 1.65. The fourth-order valence-corrected chi connectivity index (χ4v) is 8.74. The predicted molar refractivity (Wildman–Crippen MR) is 170 cm³/mol. The van der Waals surface area contributed by atoms with Crippen molar-refractivity contribution in [3.63, 3.8) is 0 Å². The molecule has 2 amide bonds. The van der Waals surface area contributed by atoms with E-state index < -0.39 is 0 Å². The number of aromatic nitrogens is 1. The van der Waals surface area contributed by atoms with Gasteiger partial charge in [-0.2, -0.15) is 0 Å². The summed E-state index contributed by atoms with van der Waals surface area (Å²) in [7, 11) is 2.00. The minimum atomic E-state index is 0.151. The molecule has 4 heterocycles. The SMILES string of the molecule is Cc1cc2cc3c(c=2[nH]/c1=C\C1=C2C=C2C=C(N2C(=O)CCCC4CCC2CC4)C=C1)=CC1CCCCCC1N(C)C3=O. The van der Waals surface area contributed by atoms with Gasteiger partial charge in [0.2, 0.25) is 5.91 Å². The molecule has 0 radical (unpaired) electrons. The lowest BCUT2D eigenvalue weighted by molar-refractivity contribution is -0.131. The second-order valence-electron chi connectivity index (χ2n) is 14.0. The second kappa shape index (κ2) is 10.5. The van der Waals surface area contributed by atoms with Crippen molar-refractivity contribution >= 4 is 24.0 Å². The number of carbonyl (C=O) groups is 2. The van der Waals surface area contributed by atoms with Crippen molar-refractivity contribution in [1.82, 2.24) is 14.8 Å². The zero-order chi connectivity index (χ0) is 29.2. The van der Waals surface area contributed by atoms with Gasteiger partial charge in [0.05, 0.1) is 5.35 Å². The Balaban J connectivity index is 1.17. The summed E-state index contributed by atoms with van der Waals surface area (Å²) in [5.41, 5.74) is 6.70. The third-order valence-corrected chi connectivity index (χ3v) is 11.3. The van der Waals surface area contributed by atoms with Gasteiger partial charge in [0, 0.05) is 47.4 Å². The topological polar surface area (TPSA) is 56.4 Å². The van der Waals surface area contributed by atoms with Gasteiger partial charge in [0.1, 0.15) is 0 Å². The van der Waals surface area contributed by atoms with Crippen LogP contribution in [0.5, 0.6) is 0 Å². The lowest BCUT2D eigenvalue weighted by Gasteiger charge is -2.36. The van der Waals surface area contributed by atoms with Gasteiger partial charge in [-0.05, 0) is 134 Å². The first kappa shape index (κ1) is 27.0. The van der Waals surface area contributed by atoms with Crippen molar-refractivity contribution in [3.05, 3.63) is 91.1 Å². The molecule has 2 atom stereocenters. The van der Waals surface area contributed by atoms with Gasteiger partial charge in [0.15, 0.2) is 0 Å². The molecule has 2 bridgehead atoms. The third-order valence-electron chi connectivity index (χ3n) is 11.3. The molecule has 0 aromatic heterocycles. The van der Waals surface area contributed by atoms with Gasteiger partial charge in [0.25, 0.3) is 5.91 Å². The number of rotatable bonds is 2. The number of nitrogens with zero attached hydrogens (tertiary/aromatic N) is 2. The summed E-state index contributed by atoms with van der Waals surface area (Å²) in [6.07, 6.45) is 27.0. The molecule has 0 aromatic carbocycles. The molecular weight excluding hydrogens is 530 g/mol. The van der Waals surface area contributed by atoms with Crippen molar-refractivity contribution < 1.29 is 9.59 Å². The summed E-state index contributed by atoms with van der Waals surface area (Å²) in [6, 6.07) is 4.94. The number of allylic oxidation sites excluding steroid dienone is 7. The maximum Gasteiger partial charge on any atom is 0.254 e. The number of aryl methyl sites for hydroxylation is 1. The van der Waals surface area contributed by atoms with Crippen LogP contribution in [-0.4, -0.2) is 45.7 Å². The lowest BCUT2D eigenvalue weighted by Crippen LogP contribution is -2.40. The van der Waals surface area contributed by atoms with Crippen LogP contribution in [0.15, 0.2) is 58.9 Å². The van der Waals surface area contributed by atoms with E-state index in [0.717, 1.165) is 76.0 Å². The quantitative estimate of drug-likeness (QED) is 0.486. The van der Waals surface area contributed by atoms with Crippen molar-refractivity contribution in [3.8, 4) is 0 Å². The standard InChI is InChI=1S/C38H43N3O2/c1-23-17-28-21-33-32(19-26-8-4-3-5-9-35(26)40(2)38(33)43)37(28)39-34(23)22-25-13-16-30(18-27-20-31(25)27)41-29-14-11-24(12-15-29)7-6-10-36(41)42/h13,16-22,24,26,29,35,39H,3-12,14-15H2,1-2H3/b34-22-. The van der Waals surface area contributed by atoms with Gasteiger partial charge in [-0.1, -0.05) is 31.4 Å². The molecule has 222 valence electrons. The Morgan fingerprint density at radius 2 is 1.74 bits per heavy atom. The van der Waals surface area contributed by atoms with E-state index in [0.29, 0.717) is 18.4 Å². The van der Waals surface area contributed by atoms with Crippen LogP contribution in [0.25, 0.3) is 12.2 Å².